The van der Waals surface area contributed by atoms with Crippen LogP contribution in [0.1, 0.15) is 19.8 Å². The molecule has 0 aromatic heterocycles. The summed E-state index contributed by atoms with van der Waals surface area (Å²) in [5.74, 6) is -0.656. The van der Waals surface area contributed by atoms with Crippen molar-refractivity contribution in [3.05, 3.63) is 29.0 Å². The summed E-state index contributed by atoms with van der Waals surface area (Å²) in [7, 11) is 0. The summed E-state index contributed by atoms with van der Waals surface area (Å²) in [4.78, 5) is 13.4. The summed E-state index contributed by atoms with van der Waals surface area (Å²) in [5.41, 5.74) is 0.0388. The van der Waals surface area contributed by atoms with Crippen LogP contribution in [-0.4, -0.2) is 35.7 Å². The first-order chi connectivity index (χ1) is 9.10. The van der Waals surface area contributed by atoms with Crippen molar-refractivity contribution >= 4 is 23.3 Å². The minimum atomic E-state index is -0.656. The molecule has 1 rings (SSSR count). The molecule has 0 aliphatic carbocycles. The van der Waals surface area contributed by atoms with Crippen LogP contribution in [0.4, 0.5) is 14.9 Å². The van der Waals surface area contributed by atoms with Gasteiger partial charge in [0, 0.05) is 13.1 Å². The van der Waals surface area contributed by atoms with Crippen molar-refractivity contribution in [2.24, 2.45) is 0 Å². The van der Waals surface area contributed by atoms with E-state index in [1.54, 1.807) is 6.07 Å². The molecule has 1 aromatic rings. The minimum absolute atomic E-state index is 0.0388. The predicted molar refractivity (Wildman–Crippen MR) is 74.0 cm³/mol. The lowest BCUT2D eigenvalue weighted by Crippen LogP contribution is -2.37. The van der Waals surface area contributed by atoms with Gasteiger partial charge in [0.05, 0.1) is 17.3 Å². The molecule has 0 bridgehead atoms. The van der Waals surface area contributed by atoms with Gasteiger partial charge in [0.15, 0.2) is 5.82 Å². The number of benzene rings is 1. The van der Waals surface area contributed by atoms with Crippen LogP contribution >= 0.6 is 11.6 Å². The first-order valence-electron chi connectivity index (χ1n) is 6.21. The number of hydrogen-bond donors (Lipinski definition) is 2. The number of anilines is 1. The van der Waals surface area contributed by atoms with E-state index in [1.807, 2.05) is 6.92 Å². The highest BCUT2D eigenvalue weighted by atomic mass is 35.5. The van der Waals surface area contributed by atoms with E-state index in [0.717, 1.165) is 12.8 Å². The topological polar surface area (TPSA) is 52.6 Å². The van der Waals surface area contributed by atoms with E-state index in [0.29, 0.717) is 6.54 Å². The first kappa shape index (κ1) is 15.7. The fourth-order valence-corrected chi connectivity index (χ4v) is 1.75. The molecular formula is C13H18ClFN2O2. The maximum atomic E-state index is 13.6. The van der Waals surface area contributed by atoms with Gasteiger partial charge in [-0.1, -0.05) is 31.0 Å². The second-order valence-electron chi connectivity index (χ2n) is 4.10. The van der Waals surface area contributed by atoms with Crippen LogP contribution in [0.25, 0.3) is 0 Å². The van der Waals surface area contributed by atoms with Gasteiger partial charge in [-0.15, -0.1) is 0 Å². The molecule has 2 N–H and O–H groups in total. The molecule has 0 fully saturated rings. The Morgan fingerprint density at radius 2 is 2.21 bits per heavy atom. The Labute approximate surface area is 117 Å². The highest BCUT2D eigenvalue weighted by Gasteiger charge is 2.15. The van der Waals surface area contributed by atoms with E-state index in [1.165, 1.54) is 17.0 Å². The monoisotopic (exact) mass is 288 g/mol. The van der Waals surface area contributed by atoms with Crippen LogP contribution in [0.3, 0.4) is 0 Å². The first-order valence-corrected chi connectivity index (χ1v) is 6.58. The number of aliphatic hydroxyl groups excluding tert-OH is 1. The zero-order chi connectivity index (χ0) is 14.3. The summed E-state index contributed by atoms with van der Waals surface area (Å²) in [6.07, 6.45) is 1.76. The second-order valence-corrected chi connectivity index (χ2v) is 4.50. The lowest BCUT2D eigenvalue weighted by atomic mass is 10.3. The number of halogens is 2. The van der Waals surface area contributed by atoms with E-state index in [-0.39, 0.29) is 23.9 Å². The molecule has 0 unspecified atom stereocenters. The predicted octanol–water partition coefficient (Wildman–Crippen LogP) is 3.11. The van der Waals surface area contributed by atoms with Crippen LogP contribution in [0.5, 0.6) is 0 Å². The quantitative estimate of drug-likeness (QED) is 0.845. The third kappa shape index (κ3) is 4.69. The largest absolute Gasteiger partial charge is 0.395 e. The van der Waals surface area contributed by atoms with Gasteiger partial charge in [-0.3, -0.25) is 0 Å². The number of amides is 2. The molecule has 0 aliphatic heterocycles. The van der Waals surface area contributed by atoms with Crippen molar-refractivity contribution in [2.45, 2.75) is 19.8 Å². The Kier molecular flexibility index (Phi) is 6.59. The van der Waals surface area contributed by atoms with Crippen molar-refractivity contribution in [1.29, 1.82) is 0 Å². The molecule has 106 valence electrons. The van der Waals surface area contributed by atoms with Crippen LogP contribution in [0, 0.1) is 5.82 Å². The molecule has 2 amide bonds. The molecule has 1 aromatic carbocycles. The molecule has 0 saturated heterocycles. The summed E-state index contributed by atoms with van der Waals surface area (Å²) in [5, 5.41) is 11.4. The van der Waals surface area contributed by atoms with Crippen LogP contribution in [-0.2, 0) is 0 Å². The third-order valence-electron chi connectivity index (χ3n) is 2.63. The SMILES string of the molecule is CCCCN(CCO)C(=O)Nc1cccc(Cl)c1F. The van der Waals surface area contributed by atoms with Gasteiger partial charge >= 0.3 is 6.03 Å². The molecule has 0 heterocycles. The number of carbonyl (C=O) groups excluding carboxylic acids is 1. The Morgan fingerprint density at radius 3 is 2.84 bits per heavy atom. The zero-order valence-electron chi connectivity index (χ0n) is 10.8. The zero-order valence-corrected chi connectivity index (χ0v) is 11.6. The maximum absolute atomic E-state index is 13.6. The van der Waals surface area contributed by atoms with E-state index < -0.39 is 11.8 Å². The highest BCUT2D eigenvalue weighted by molar-refractivity contribution is 6.31. The number of hydrogen-bond acceptors (Lipinski definition) is 2. The van der Waals surface area contributed by atoms with Crippen molar-refractivity contribution in [2.75, 3.05) is 25.0 Å². The Balaban J connectivity index is 2.72. The number of carbonyl (C=O) groups is 1. The molecular weight excluding hydrogens is 271 g/mol. The lowest BCUT2D eigenvalue weighted by Gasteiger charge is -2.22. The maximum Gasteiger partial charge on any atom is 0.322 e. The lowest BCUT2D eigenvalue weighted by molar-refractivity contribution is 0.187. The van der Waals surface area contributed by atoms with Gasteiger partial charge in [-0.25, -0.2) is 9.18 Å². The number of nitrogens with one attached hydrogen (secondary N) is 1. The van der Waals surface area contributed by atoms with Crippen molar-refractivity contribution < 1.29 is 14.3 Å². The Morgan fingerprint density at radius 1 is 1.47 bits per heavy atom. The fourth-order valence-electron chi connectivity index (χ4n) is 1.58. The Hall–Kier alpha value is -1.33. The van der Waals surface area contributed by atoms with Gasteiger partial charge in [-0.2, -0.15) is 0 Å². The fraction of sp³-hybridized carbons (Fsp3) is 0.462. The van der Waals surface area contributed by atoms with Gasteiger partial charge in [0.2, 0.25) is 0 Å². The van der Waals surface area contributed by atoms with Crippen molar-refractivity contribution in [3.63, 3.8) is 0 Å². The van der Waals surface area contributed by atoms with Crippen molar-refractivity contribution in [3.8, 4) is 0 Å². The third-order valence-corrected chi connectivity index (χ3v) is 2.92. The van der Waals surface area contributed by atoms with Gasteiger partial charge in [-0.05, 0) is 18.6 Å². The summed E-state index contributed by atoms with van der Waals surface area (Å²) >= 11 is 5.64. The second kappa shape index (κ2) is 7.96. The average molecular weight is 289 g/mol. The average Bonchev–Trinajstić information content (AvgIpc) is 2.39. The molecule has 19 heavy (non-hydrogen) atoms. The molecule has 0 saturated carbocycles. The van der Waals surface area contributed by atoms with E-state index in [4.69, 9.17) is 16.7 Å². The molecule has 0 spiro atoms. The van der Waals surface area contributed by atoms with Crippen LogP contribution in [0.2, 0.25) is 5.02 Å². The molecule has 0 radical (unpaired) electrons. The molecule has 6 heteroatoms. The van der Waals surface area contributed by atoms with Crippen LogP contribution < -0.4 is 5.32 Å². The molecule has 4 nitrogen and oxygen atoms in total. The smallest absolute Gasteiger partial charge is 0.322 e. The number of unbranched alkanes of at least 4 members (excludes halogenated alkanes) is 1. The van der Waals surface area contributed by atoms with Gasteiger partial charge < -0.3 is 15.3 Å². The molecule has 0 atom stereocenters. The molecule has 0 aliphatic rings. The summed E-state index contributed by atoms with van der Waals surface area (Å²) in [6.45, 7) is 2.61. The normalized spacial score (nSPS) is 10.3. The number of nitrogens with zero attached hydrogens (tertiary/aromatic N) is 1. The highest BCUT2D eigenvalue weighted by Crippen LogP contribution is 2.22. The van der Waals surface area contributed by atoms with E-state index >= 15 is 0 Å². The Bertz CT molecular complexity index is 429. The van der Waals surface area contributed by atoms with E-state index in [2.05, 4.69) is 5.32 Å². The number of urea groups is 1. The minimum Gasteiger partial charge on any atom is -0.395 e. The standard InChI is InChI=1S/C13H18ClFN2O2/c1-2-3-7-17(8-9-18)13(19)16-11-6-4-5-10(14)12(11)15/h4-6,18H,2-3,7-9H2,1H3,(H,16,19). The van der Waals surface area contributed by atoms with Crippen molar-refractivity contribution in [1.82, 2.24) is 4.90 Å². The van der Waals surface area contributed by atoms with Gasteiger partial charge in [0.25, 0.3) is 0 Å². The van der Waals surface area contributed by atoms with Gasteiger partial charge in [0.1, 0.15) is 0 Å². The summed E-state index contributed by atoms with van der Waals surface area (Å²) < 4.78 is 13.6. The summed E-state index contributed by atoms with van der Waals surface area (Å²) in [6, 6.07) is 3.97. The number of aliphatic hydroxyl groups is 1. The van der Waals surface area contributed by atoms with Crippen LogP contribution in [0.15, 0.2) is 18.2 Å². The van der Waals surface area contributed by atoms with E-state index in [9.17, 15) is 9.18 Å². The number of rotatable bonds is 6.